The van der Waals surface area contributed by atoms with Crippen LogP contribution in [-0.4, -0.2) is 28.3 Å². The van der Waals surface area contributed by atoms with Crippen molar-refractivity contribution in [1.29, 1.82) is 0 Å². The molecule has 1 saturated carbocycles. The molecule has 1 saturated heterocycles. The zero-order chi connectivity index (χ0) is 16.4. The molecule has 3 heteroatoms. The van der Waals surface area contributed by atoms with E-state index in [1.54, 1.807) is 0 Å². The normalized spacial score (nSPS) is 34.0. The summed E-state index contributed by atoms with van der Waals surface area (Å²) in [7, 11) is 0. The van der Waals surface area contributed by atoms with Crippen molar-refractivity contribution in [3.63, 3.8) is 0 Å². The Balaban J connectivity index is 1.68. The number of carbonyl (C=O) groups excluding carboxylic acids is 1. The molecule has 23 heavy (non-hydrogen) atoms. The van der Waals surface area contributed by atoms with Gasteiger partial charge in [0.1, 0.15) is 0 Å². The second-order valence-corrected chi connectivity index (χ2v) is 9.52. The molecule has 124 valence electrons. The highest BCUT2D eigenvalue weighted by molar-refractivity contribution is 9.10. The largest absolute Gasteiger partial charge is 0.294 e. The van der Waals surface area contributed by atoms with Crippen LogP contribution in [0.15, 0.2) is 22.7 Å². The molecule has 1 heterocycles. The predicted molar refractivity (Wildman–Crippen MR) is 96.8 cm³/mol. The number of rotatable bonds is 1. The van der Waals surface area contributed by atoms with Crippen LogP contribution >= 0.6 is 15.9 Å². The third-order valence-electron chi connectivity index (χ3n) is 6.22. The number of Topliss-reactive ketones (excluding diaryl/α,β-unsaturated/α-hetero) is 1. The Bertz CT molecular complexity index is 648. The van der Waals surface area contributed by atoms with Crippen LogP contribution in [0, 0.1) is 11.8 Å². The fraction of sp³-hybridized carbons (Fsp3) is 0.650. The maximum Gasteiger partial charge on any atom is 0.167 e. The first-order chi connectivity index (χ1) is 10.9. The van der Waals surface area contributed by atoms with E-state index in [0.717, 1.165) is 28.8 Å². The monoisotopic (exact) mass is 375 g/mol. The van der Waals surface area contributed by atoms with Crippen LogP contribution in [0.25, 0.3) is 0 Å². The maximum absolute atomic E-state index is 13.2. The SMILES string of the molecule is CC(C)(C)N1C(C2CCc3cc(Br)ccc3C2=O)[C@H]2CC[C@@H]1C2. The van der Waals surface area contributed by atoms with Crippen molar-refractivity contribution in [2.45, 2.75) is 70.5 Å². The van der Waals surface area contributed by atoms with Crippen LogP contribution in [0.3, 0.4) is 0 Å². The molecule has 0 radical (unpaired) electrons. The first-order valence-electron chi connectivity index (χ1n) is 8.97. The van der Waals surface area contributed by atoms with Gasteiger partial charge in [-0.1, -0.05) is 22.0 Å². The number of ketones is 1. The maximum atomic E-state index is 13.2. The number of piperidine rings is 1. The summed E-state index contributed by atoms with van der Waals surface area (Å²) in [5.74, 6) is 1.31. The molecule has 1 aliphatic heterocycles. The molecular weight excluding hydrogens is 350 g/mol. The Labute approximate surface area is 147 Å². The number of carbonyl (C=O) groups is 1. The lowest BCUT2D eigenvalue weighted by Gasteiger charge is -2.48. The Morgan fingerprint density at radius 2 is 1.96 bits per heavy atom. The summed E-state index contributed by atoms with van der Waals surface area (Å²) in [5.41, 5.74) is 2.36. The van der Waals surface area contributed by atoms with Crippen LogP contribution < -0.4 is 0 Å². The molecule has 4 atom stereocenters. The quantitative estimate of drug-likeness (QED) is 0.699. The number of aryl methyl sites for hydroxylation is 1. The summed E-state index contributed by atoms with van der Waals surface area (Å²) in [6.45, 7) is 6.96. The van der Waals surface area contributed by atoms with Gasteiger partial charge in [0.25, 0.3) is 0 Å². The van der Waals surface area contributed by atoms with Crippen molar-refractivity contribution in [1.82, 2.24) is 4.90 Å². The highest BCUT2D eigenvalue weighted by Crippen LogP contribution is 2.50. The number of likely N-dealkylation sites (tertiary alicyclic amines) is 1. The summed E-state index contributed by atoms with van der Waals surface area (Å²) in [5, 5.41) is 0. The van der Waals surface area contributed by atoms with E-state index in [0.29, 0.717) is 17.9 Å². The molecule has 2 aliphatic carbocycles. The molecule has 2 fully saturated rings. The standard InChI is InChI=1S/C20H26BrNO/c1-20(2,3)22-15-7-4-13(11-15)18(22)17-8-5-12-10-14(21)6-9-16(12)19(17)23/h6,9-10,13,15,17-18H,4-5,7-8,11H2,1-3H3/t13-,15+,17?,18?/m0/s1. The fourth-order valence-electron chi connectivity index (χ4n) is 5.52. The van der Waals surface area contributed by atoms with Crippen molar-refractivity contribution >= 4 is 21.7 Å². The van der Waals surface area contributed by atoms with Gasteiger partial charge >= 0.3 is 0 Å². The lowest BCUT2D eigenvalue weighted by molar-refractivity contribution is 0.0121. The van der Waals surface area contributed by atoms with E-state index in [1.807, 2.05) is 12.1 Å². The van der Waals surface area contributed by atoms with E-state index < -0.39 is 0 Å². The summed E-state index contributed by atoms with van der Waals surface area (Å²) < 4.78 is 1.08. The van der Waals surface area contributed by atoms with E-state index in [9.17, 15) is 4.79 Å². The minimum atomic E-state index is 0.158. The van der Waals surface area contributed by atoms with Crippen LogP contribution in [0.1, 0.15) is 62.4 Å². The van der Waals surface area contributed by atoms with Gasteiger partial charge < -0.3 is 0 Å². The Morgan fingerprint density at radius 1 is 1.17 bits per heavy atom. The van der Waals surface area contributed by atoms with Gasteiger partial charge in [0.05, 0.1) is 0 Å². The van der Waals surface area contributed by atoms with Gasteiger partial charge in [-0.3, -0.25) is 9.69 Å². The highest BCUT2D eigenvalue weighted by atomic mass is 79.9. The average Bonchev–Trinajstić information content (AvgIpc) is 3.07. The van der Waals surface area contributed by atoms with Gasteiger partial charge in [-0.05, 0) is 76.5 Å². The van der Waals surface area contributed by atoms with E-state index in [-0.39, 0.29) is 11.5 Å². The van der Waals surface area contributed by atoms with E-state index in [1.165, 1.54) is 24.8 Å². The molecule has 0 aromatic heterocycles. The lowest BCUT2D eigenvalue weighted by atomic mass is 9.74. The molecule has 4 rings (SSSR count). The van der Waals surface area contributed by atoms with E-state index in [4.69, 9.17) is 0 Å². The number of halogens is 1. The molecule has 3 aliphatic rings. The molecule has 2 unspecified atom stereocenters. The zero-order valence-corrected chi connectivity index (χ0v) is 15.9. The van der Waals surface area contributed by atoms with E-state index >= 15 is 0 Å². The molecule has 0 amide bonds. The molecule has 1 aromatic rings. The highest BCUT2D eigenvalue weighted by Gasteiger charge is 2.54. The Morgan fingerprint density at radius 3 is 2.70 bits per heavy atom. The second kappa shape index (κ2) is 5.42. The second-order valence-electron chi connectivity index (χ2n) is 8.61. The molecule has 0 N–H and O–H groups in total. The molecule has 0 spiro atoms. The summed E-state index contributed by atoms with van der Waals surface area (Å²) >= 11 is 3.53. The predicted octanol–water partition coefficient (Wildman–Crippen LogP) is 4.85. The summed E-state index contributed by atoms with van der Waals surface area (Å²) in [4.78, 5) is 15.9. The van der Waals surface area contributed by atoms with Crippen molar-refractivity contribution in [3.05, 3.63) is 33.8 Å². The third-order valence-corrected chi connectivity index (χ3v) is 6.72. The number of nitrogens with zero attached hydrogens (tertiary/aromatic N) is 1. The van der Waals surface area contributed by atoms with Crippen molar-refractivity contribution in [2.75, 3.05) is 0 Å². The lowest BCUT2D eigenvalue weighted by Crippen LogP contribution is -2.56. The Kier molecular flexibility index (Phi) is 3.73. The molecular formula is C20H26BrNO. The van der Waals surface area contributed by atoms with Gasteiger partial charge in [-0.15, -0.1) is 0 Å². The number of hydrogen-bond donors (Lipinski definition) is 0. The molecule has 1 aromatic carbocycles. The number of hydrogen-bond acceptors (Lipinski definition) is 2. The molecule has 2 nitrogen and oxygen atoms in total. The van der Waals surface area contributed by atoms with Gasteiger partial charge in [-0.25, -0.2) is 0 Å². The number of fused-ring (bicyclic) bond motifs is 3. The first-order valence-corrected chi connectivity index (χ1v) is 9.76. The van der Waals surface area contributed by atoms with Crippen molar-refractivity contribution in [3.8, 4) is 0 Å². The van der Waals surface area contributed by atoms with Crippen molar-refractivity contribution < 1.29 is 4.79 Å². The minimum Gasteiger partial charge on any atom is -0.294 e. The summed E-state index contributed by atoms with van der Waals surface area (Å²) in [6, 6.07) is 7.33. The van der Waals surface area contributed by atoms with Crippen LogP contribution in [0.2, 0.25) is 0 Å². The minimum absolute atomic E-state index is 0.158. The van der Waals surface area contributed by atoms with E-state index in [2.05, 4.69) is 47.7 Å². The van der Waals surface area contributed by atoms with Gasteiger partial charge in [0.2, 0.25) is 0 Å². The van der Waals surface area contributed by atoms with Crippen LogP contribution in [0.4, 0.5) is 0 Å². The molecule has 2 bridgehead atoms. The topological polar surface area (TPSA) is 20.3 Å². The summed E-state index contributed by atoms with van der Waals surface area (Å²) in [6.07, 6.45) is 6.00. The van der Waals surface area contributed by atoms with Crippen LogP contribution in [0.5, 0.6) is 0 Å². The third kappa shape index (κ3) is 2.51. The van der Waals surface area contributed by atoms with Crippen molar-refractivity contribution in [2.24, 2.45) is 11.8 Å². The smallest absolute Gasteiger partial charge is 0.167 e. The fourth-order valence-corrected chi connectivity index (χ4v) is 5.93. The number of benzene rings is 1. The van der Waals surface area contributed by atoms with Crippen LogP contribution in [-0.2, 0) is 6.42 Å². The average molecular weight is 376 g/mol. The Hall–Kier alpha value is -0.670. The van der Waals surface area contributed by atoms with Gasteiger partial charge in [-0.2, -0.15) is 0 Å². The van der Waals surface area contributed by atoms with Gasteiger partial charge in [0, 0.05) is 33.6 Å². The zero-order valence-electron chi connectivity index (χ0n) is 14.3. The van der Waals surface area contributed by atoms with Gasteiger partial charge in [0.15, 0.2) is 5.78 Å². The first kappa shape index (κ1) is 15.8.